The van der Waals surface area contributed by atoms with Crippen LogP contribution >= 0.6 is 23.2 Å². The first-order chi connectivity index (χ1) is 9.10. The number of rotatable bonds is 5. The average molecular weight is 302 g/mol. The smallest absolute Gasteiger partial charge is 0.243 e. The third-order valence-corrected chi connectivity index (χ3v) is 2.95. The third-order valence-electron chi connectivity index (χ3n) is 2.51. The van der Waals surface area contributed by atoms with E-state index in [-0.39, 0.29) is 6.04 Å². The van der Waals surface area contributed by atoms with Gasteiger partial charge < -0.3 is 15.0 Å². The summed E-state index contributed by atoms with van der Waals surface area (Å²) >= 11 is 11.9. The van der Waals surface area contributed by atoms with Crippen LogP contribution in [0.25, 0.3) is 11.4 Å². The number of aromatic nitrogens is 2. The minimum Gasteiger partial charge on any atom is -0.385 e. The topological polar surface area (TPSA) is 74.2 Å². The first kappa shape index (κ1) is 14.3. The fraction of sp³-hybridized carbons (Fsp3) is 0.333. The van der Waals surface area contributed by atoms with Crippen LogP contribution in [0.2, 0.25) is 10.0 Å². The van der Waals surface area contributed by atoms with E-state index in [1.165, 1.54) is 0 Å². The van der Waals surface area contributed by atoms with Gasteiger partial charge in [-0.15, -0.1) is 0 Å². The number of methoxy groups -OCH3 is 1. The van der Waals surface area contributed by atoms with Crippen molar-refractivity contribution in [2.24, 2.45) is 5.73 Å². The molecule has 5 nitrogen and oxygen atoms in total. The van der Waals surface area contributed by atoms with Gasteiger partial charge in [0.15, 0.2) is 0 Å². The molecule has 0 aliphatic carbocycles. The van der Waals surface area contributed by atoms with Gasteiger partial charge in [-0.25, -0.2) is 0 Å². The van der Waals surface area contributed by atoms with E-state index in [9.17, 15) is 0 Å². The zero-order chi connectivity index (χ0) is 13.8. The summed E-state index contributed by atoms with van der Waals surface area (Å²) in [6.07, 6.45) is 0.606. The van der Waals surface area contributed by atoms with E-state index in [1.807, 2.05) is 0 Å². The molecule has 0 radical (unpaired) electrons. The van der Waals surface area contributed by atoms with Crippen LogP contribution < -0.4 is 5.73 Å². The zero-order valence-electron chi connectivity index (χ0n) is 10.3. The van der Waals surface area contributed by atoms with Gasteiger partial charge in [-0.05, 0) is 24.6 Å². The molecule has 0 spiro atoms. The molecular formula is C12H13Cl2N3O2. The summed E-state index contributed by atoms with van der Waals surface area (Å²) in [5.41, 5.74) is 6.59. The molecule has 7 heteroatoms. The van der Waals surface area contributed by atoms with Gasteiger partial charge in [-0.3, -0.25) is 0 Å². The lowest BCUT2D eigenvalue weighted by atomic mass is 10.2. The summed E-state index contributed by atoms with van der Waals surface area (Å²) in [5.74, 6) is 0.774. The Bertz CT molecular complexity index is 539. The van der Waals surface area contributed by atoms with Crippen molar-refractivity contribution in [1.29, 1.82) is 0 Å². The molecule has 0 amide bonds. The standard InChI is InChI=1S/C12H13Cl2N3O2/c1-18-3-2-10(15)12-16-11(17-19-12)7-4-8(13)6-9(14)5-7/h4-6,10H,2-3,15H2,1H3. The van der Waals surface area contributed by atoms with Crippen LogP contribution in [-0.4, -0.2) is 23.9 Å². The predicted molar refractivity (Wildman–Crippen MR) is 73.2 cm³/mol. The van der Waals surface area contributed by atoms with Gasteiger partial charge in [0, 0.05) is 29.3 Å². The minimum atomic E-state index is -0.351. The molecule has 1 aromatic heterocycles. The largest absolute Gasteiger partial charge is 0.385 e. The molecule has 0 fully saturated rings. The predicted octanol–water partition coefficient (Wildman–Crippen LogP) is 3.08. The van der Waals surface area contributed by atoms with Crippen LogP contribution in [0.3, 0.4) is 0 Å². The summed E-state index contributed by atoms with van der Waals surface area (Å²) < 4.78 is 10.1. The summed E-state index contributed by atoms with van der Waals surface area (Å²) in [4.78, 5) is 4.24. The molecule has 1 unspecified atom stereocenters. The lowest BCUT2D eigenvalue weighted by Crippen LogP contribution is -2.12. The first-order valence-corrected chi connectivity index (χ1v) is 6.40. The van der Waals surface area contributed by atoms with Crippen molar-refractivity contribution in [1.82, 2.24) is 10.1 Å². The second-order valence-electron chi connectivity index (χ2n) is 4.00. The molecule has 2 rings (SSSR count). The molecule has 1 atom stereocenters. The summed E-state index contributed by atoms with van der Waals surface area (Å²) in [5, 5.41) is 4.90. The van der Waals surface area contributed by atoms with Gasteiger partial charge in [0.2, 0.25) is 11.7 Å². The second-order valence-corrected chi connectivity index (χ2v) is 4.88. The molecule has 1 heterocycles. The molecule has 2 aromatic rings. The lowest BCUT2D eigenvalue weighted by Gasteiger charge is -2.04. The number of hydrogen-bond acceptors (Lipinski definition) is 5. The molecule has 2 N–H and O–H groups in total. The highest BCUT2D eigenvalue weighted by atomic mass is 35.5. The molecule has 0 saturated carbocycles. The first-order valence-electron chi connectivity index (χ1n) is 5.64. The minimum absolute atomic E-state index is 0.351. The molecule has 102 valence electrons. The Kier molecular flexibility index (Phi) is 4.76. The number of halogens is 2. The van der Waals surface area contributed by atoms with Crippen molar-refractivity contribution in [3.63, 3.8) is 0 Å². The van der Waals surface area contributed by atoms with Gasteiger partial charge >= 0.3 is 0 Å². The number of ether oxygens (including phenoxy) is 1. The van der Waals surface area contributed by atoms with Crippen LogP contribution in [0.15, 0.2) is 22.7 Å². The Balaban J connectivity index is 2.20. The molecule has 0 bridgehead atoms. The van der Waals surface area contributed by atoms with Gasteiger partial charge in [0.05, 0.1) is 6.04 Å². The Morgan fingerprint density at radius 3 is 2.63 bits per heavy atom. The van der Waals surface area contributed by atoms with Crippen LogP contribution in [0.1, 0.15) is 18.4 Å². The molecule has 1 aromatic carbocycles. The van der Waals surface area contributed by atoms with Crippen molar-refractivity contribution >= 4 is 23.2 Å². The van der Waals surface area contributed by atoms with Crippen molar-refractivity contribution < 1.29 is 9.26 Å². The monoisotopic (exact) mass is 301 g/mol. The Hall–Kier alpha value is -1.14. The van der Waals surface area contributed by atoms with Crippen molar-refractivity contribution in [2.45, 2.75) is 12.5 Å². The number of benzene rings is 1. The lowest BCUT2D eigenvalue weighted by molar-refractivity contribution is 0.182. The van der Waals surface area contributed by atoms with E-state index in [0.717, 1.165) is 0 Å². The molecule has 0 aliphatic heterocycles. The van der Waals surface area contributed by atoms with Crippen LogP contribution in [0, 0.1) is 0 Å². The quantitative estimate of drug-likeness (QED) is 0.918. The van der Waals surface area contributed by atoms with Crippen LogP contribution in [0.5, 0.6) is 0 Å². The van der Waals surface area contributed by atoms with E-state index in [1.54, 1.807) is 25.3 Å². The SMILES string of the molecule is COCCC(N)c1nc(-c2cc(Cl)cc(Cl)c2)no1. The normalized spacial score (nSPS) is 12.6. The highest BCUT2D eigenvalue weighted by Gasteiger charge is 2.16. The maximum atomic E-state index is 5.93. The Labute approximate surface area is 120 Å². The third kappa shape index (κ3) is 3.67. The zero-order valence-corrected chi connectivity index (χ0v) is 11.8. The van der Waals surface area contributed by atoms with Gasteiger partial charge in [0.25, 0.3) is 0 Å². The maximum Gasteiger partial charge on any atom is 0.243 e. The second kappa shape index (κ2) is 6.34. The van der Waals surface area contributed by atoms with E-state index >= 15 is 0 Å². The fourth-order valence-corrected chi connectivity index (χ4v) is 2.08. The van der Waals surface area contributed by atoms with Crippen LogP contribution in [-0.2, 0) is 4.74 Å². The molecule has 19 heavy (non-hydrogen) atoms. The Morgan fingerprint density at radius 1 is 1.32 bits per heavy atom. The Morgan fingerprint density at radius 2 is 2.00 bits per heavy atom. The van der Waals surface area contributed by atoms with Gasteiger partial charge in [-0.2, -0.15) is 4.98 Å². The number of nitrogens with zero attached hydrogens (tertiary/aromatic N) is 2. The number of nitrogens with two attached hydrogens (primary N) is 1. The van der Waals surface area contributed by atoms with Crippen LogP contribution in [0.4, 0.5) is 0 Å². The summed E-state index contributed by atoms with van der Waals surface area (Å²) in [6.45, 7) is 0.530. The van der Waals surface area contributed by atoms with E-state index < -0.39 is 0 Å². The maximum absolute atomic E-state index is 5.93. The van der Waals surface area contributed by atoms with Crippen molar-refractivity contribution in [2.75, 3.05) is 13.7 Å². The summed E-state index contributed by atoms with van der Waals surface area (Å²) in [6, 6.07) is 4.71. The van der Waals surface area contributed by atoms with Gasteiger partial charge in [0.1, 0.15) is 0 Å². The molecule has 0 aliphatic rings. The van der Waals surface area contributed by atoms with E-state index in [4.69, 9.17) is 38.2 Å². The number of hydrogen-bond donors (Lipinski definition) is 1. The average Bonchev–Trinajstić information content (AvgIpc) is 2.84. The highest BCUT2D eigenvalue weighted by Crippen LogP contribution is 2.26. The fourth-order valence-electron chi connectivity index (χ4n) is 1.55. The van der Waals surface area contributed by atoms with E-state index in [2.05, 4.69) is 10.1 Å². The van der Waals surface area contributed by atoms with E-state index in [0.29, 0.717) is 40.4 Å². The molecule has 0 saturated heterocycles. The van der Waals surface area contributed by atoms with Crippen molar-refractivity contribution in [3.05, 3.63) is 34.1 Å². The highest BCUT2D eigenvalue weighted by molar-refractivity contribution is 6.35. The van der Waals surface area contributed by atoms with Crippen molar-refractivity contribution in [3.8, 4) is 11.4 Å². The summed E-state index contributed by atoms with van der Waals surface area (Å²) in [7, 11) is 1.61. The van der Waals surface area contributed by atoms with Gasteiger partial charge in [-0.1, -0.05) is 28.4 Å². The molecular weight excluding hydrogens is 289 g/mol.